The van der Waals surface area contributed by atoms with Crippen molar-refractivity contribution in [1.82, 2.24) is 4.98 Å². The summed E-state index contributed by atoms with van der Waals surface area (Å²) in [5, 5.41) is 0. The Morgan fingerprint density at radius 1 is 1.37 bits per heavy atom. The number of rotatable bonds is 4. The first-order valence-corrected chi connectivity index (χ1v) is 7.94. The molecule has 0 bridgehead atoms. The van der Waals surface area contributed by atoms with E-state index in [0.29, 0.717) is 10.6 Å². The normalized spacial score (nSPS) is 11.2. The zero-order valence-corrected chi connectivity index (χ0v) is 12.4. The molecule has 0 saturated carbocycles. The molecule has 0 aliphatic rings. The van der Waals surface area contributed by atoms with Crippen molar-refractivity contribution in [3.8, 4) is 0 Å². The Bertz CT molecular complexity index is 705. The fourth-order valence-electron chi connectivity index (χ4n) is 1.33. The molecule has 0 atom stereocenters. The highest BCUT2D eigenvalue weighted by molar-refractivity contribution is 7.94. The molecule has 8 heteroatoms. The van der Waals surface area contributed by atoms with Crippen molar-refractivity contribution in [3.63, 3.8) is 0 Å². The molecule has 0 aliphatic heterocycles. The van der Waals surface area contributed by atoms with E-state index >= 15 is 0 Å². The number of sulfonamides is 1. The largest absolute Gasteiger partial charge is 0.389 e. The molecule has 5 nitrogen and oxygen atoms in total. The second-order valence-electron chi connectivity index (χ2n) is 3.78. The number of aryl methyl sites for hydroxylation is 1. The first-order valence-electron chi connectivity index (χ1n) is 5.23. The minimum atomic E-state index is -3.63. The fraction of sp³-hybridized carbons (Fsp3) is 0.0909. The molecule has 19 heavy (non-hydrogen) atoms. The number of pyridine rings is 1. The van der Waals surface area contributed by atoms with Gasteiger partial charge in [0.15, 0.2) is 0 Å². The summed E-state index contributed by atoms with van der Waals surface area (Å²) in [6.45, 7) is 1.83. The fourth-order valence-corrected chi connectivity index (χ4v) is 3.73. The van der Waals surface area contributed by atoms with Crippen molar-refractivity contribution in [1.29, 1.82) is 0 Å². The third-order valence-electron chi connectivity index (χ3n) is 2.25. The van der Waals surface area contributed by atoms with Crippen molar-refractivity contribution >= 4 is 44.3 Å². The molecule has 2 heterocycles. The van der Waals surface area contributed by atoms with Gasteiger partial charge < -0.3 is 5.73 Å². The first-order chi connectivity index (χ1) is 8.88. The van der Waals surface area contributed by atoms with E-state index in [0.717, 1.165) is 17.0 Å². The second-order valence-corrected chi connectivity index (χ2v) is 7.21. The molecule has 0 amide bonds. The molecule has 2 aromatic heterocycles. The van der Waals surface area contributed by atoms with E-state index in [1.807, 2.05) is 6.92 Å². The molecular weight excluding hydrogens is 302 g/mol. The van der Waals surface area contributed by atoms with Crippen LogP contribution in [0.1, 0.15) is 10.6 Å². The SMILES string of the molecule is Cc1ccc(NS(=O)(=O)c2ccc(C(N)=S)s2)cn1. The lowest BCUT2D eigenvalue weighted by molar-refractivity contribution is 0.603. The summed E-state index contributed by atoms with van der Waals surface area (Å²) in [4.78, 5) is 4.78. The number of hydrogen-bond donors (Lipinski definition) is 2. The maximum absolute atomic E-state index is 12.1. The minimum absolute atomic E-state index is 0.163. The predicted molar refractivity (Wildman–Crippen MR) is 80.0 cm³/mol. The summed E-state index contributed by atoms with van der Waals surface area (Å²) in [5.74, 6) is 0. The quantitative estimate of drug-likeness (QED) is 0.842. The molecule has 0 aromatic carbocycles. The van der Waals surface area contributed by atoms with E-state index < -0.39 is 10.0 Å². The van der Waals surface area contributed by atoms with Gasteiger partial charge in [-0.15, -0.1) is 11.3 Å². The molecule has 2 aromatic rings. The van der Waals surface area contributed by atoms with Gasteiger partial charge in [-0.2, -0.15) is 0 Å². The van der Waals surface area contributed by atoms with Crippen molar-refractivity contribution < 1.29 is 8.42 Å². The molecule has 100 valence electrons. The third-order valence-corrected chi connectivity index (χ3v) is 5.59. The van der Waals surface area contributed by atoms with Crippen LogP contribution in [0, 0.1) is 6.92 Å². The van der Waals surface area contributed by atoms with Crippen LogP contribution in [-0.2, 0) is 10.0 Å². The lowest BCUT2D eigenvalue weighted by Crippen LogP contribution is -2.11. The average Bonchev–Trinajstić information content (AvgIpc) is 2.82. The van der Waals surface area contributed by atoms with E-state index in [4.69, 9.17) is 18.0 Å². The summed E-state index contributed by atoms with van der Waals surface area (Å²) in [5.41, 5.74) is 6.68. The van der Waals surface area contributed by atoms with Gasteiger partial charge in [-0.05, 0) is 31.2 Å². The van der Waals surface area contributed by atoms with Gasteiger partial charge in [-0.1, -0.05) is 12.2 Å². The summed E-state index contributed by atoms with van der Waals surface area (Å²) in [7, 11) is -3.63. The number of nitrogens with zero attached hydrogens (tertiary/aromatic N) is 1. The number of anilines is 1. The Balaban J connectivity index is 2.26. The smallest absolute Gasteiger partial charge is 0.271 e. The number of aromatic nitrogens is 1. The highest BCUT2D eigenvalue weighted by Crippen LogP contribution is 2.23. The van der Waals surface area contributed by atoms with Crippen LogP contribution in [0.2, 0.25) is 0 Å². The molecule has 0 fully saturated rings. The Labute approximate surface area is 120 Å². The summed E-state index contributed by atoms with van der Waals surface area (Å²) >= 11 is 5.84. The van der Waals surface area contributed by atoms with Crippen LogP contribution in [0.25, 0.3) is 0 Å². The second kappa shape index (κ2) is 5.24. The van der Waals surface area contributed by atoms with E-state index in [1.165, 1.54) is 12.3 Å². The van der Waals surface area contributed by atoms with Gasteiger partial charge in [-0.3, -0.25) is 9.71 Å². The lowest BCUT2D eigenvalue weighted by atomic mass is 10.4. The topological polar surface area (TPSA) is 85.1 Å². The van der Waals surface area contributed by atoms with Gasteiger partial charge in [0.1, 0.15) is 9.20 Å². The van der Waals surface area contributed by atoms with E-state index in [9.17, 15) is 8.42 Å². The Morgan fingerprint density at radius 3 is 2.63 bits per heavy atom. The van der Waals surface area contributed by atoms with Crippen molar-refractivity contribution in [2.75, 3.05) is 4.72 Å². The van der Waals surface area contributed by atoms with Gasteiger partial charge in [0, 0.05) is 5.69 Å². The van der Waals surface area contributed by atoms with Crippen molar-refractivity contribution in [3.05, 3.63) is 41.0 Å². The summed E-state index contributed by atoms with van der Waals surface area (Å²) < 4.78 is 26.8. The Morgan fingerprint density at radius 2 is 2.11 bits per heavy atom. The molecular formula is C11H11N3O2S3. The monoisotopic (exact) mass is 313 g/mol. The van der Waals surface area contributed by atoms with E-state index in [1.54, 1.807) is 18.2 Å². The summed E-state index contributed by atoms with van der Waals surface area (Å²) in [6, 6.07) is 6.45. The maximum Gasteiger partial charge on any atom is 0.271 e. The lowest BCUT2D eigenvalue weighted by Gasteiger charge is -2.05. The van der Waals surface area contributed by atoms with Crippen LogP contribution in [0.5, 0.6) is 0 Å². The molecule has 0 spiro atoms. The van der Waals surface area contributed by atoms with Crippen LogP contribution in [0.4, 0.5) is 5.69 Å². The molecule has 0 unspecified atom stereocenters. The van der Waals surface area contributed by atoms with Gasteiger partial charge in [0.2, 0.25) is 0 Å². The highest BCUT2D eigenvalue weighted by atomic mass is 32.2. The Kier molecular flexibility index (Phi) is 3.83. The predicted octanol–water partition coefficient (Wildman–Crippen LogP) is 1.89. The van der Waals surface area contributed by atoms with Crippen LogP contribution in [-0.4, -0.2) is 18.4 Å². The van der Waals surface area contributed by atoms with Gasteiger partial charge in [0.25, 0.3) is 10.0 Å². The molecule has 0 radical (unpaired) electrons. The van der Waals surface area contributed by atoms with Gasteiger partial charge in [-0.25, -0.2) is 8.42 Å². The van der Waals surface area contributed by atoms with Crippen LogP contribution in [0.3, 0.4) is 0 Å². The summed E-state index contributed by atoms with van der Waals surface area (Å²) in [6.07, 6.45) is 1.47. The van der Waals surface area contributed by atoms with Crippen LogP contribution < -0.4 is 10.5 Å². The molecule has 3 N–H and O–H groups in total. The van der Waals surface area contributed by atoms with Crippen molar-refractivity contribution in [2.45, 2.75) is 11.1 Å². The van der Waals surface area contributed by atoms with Crippen LogP contribution >= 0.6 is 23.6 Å². The van der Waals surface area contributed by atoms with E-state index in [-0.39, 0.29) is 9.20 Å². The zero-order valence-electron chi connectivity index (χ0n) is 9.95. The molecule has 0 aliphatic carbocycles. The minimum Gasteiger partial charge on any atom is -0.389 e. The highest BCUT2D eigenvalue weighted by Gasteiger charge is 2.17. The zero-order chi connectivity index (χ0) is 14.0. The van der Waals surface area contributed by atoms with Gasteiger partial charge in [0.05, 0.1) is 16.8 Å². The number of thiocarbonyl (C=S) groups is 1. The first kappa shape index (κ1) is 13.9. The number of nitrogens with two attached hydrogens (primary N) is 1. The maximum atomic E-state index is 12.1. The van der Waals surface area contributed by atoms with Crippen LogP contribution in [0.15, 0.2) is 34.7 Å². The van der Waals surface area contributed by atoms with E-state index in [2.05, 4.69) is 9.71 Å². The number of hydrogen-bond acceptors (Lipinski definition) is 5. The third kappa shape index (κ3) is 3.28. The van der Waals surface area contributed by atoms with Gasteiger partial charge >= 0.3 is 0 Å². The Hall–Kier alpha value is -1.51. The van der Waals surface area contributed by atoms with Crippen molar-refractivity contribution in [2.24, 2.45) is 5.73 Å². The number of thiophene rings is 1. The molecule has 2 rings (SSSR count). The number of nitrogens with one attached hydrogen (secondary N) is 1. The standard InChI is InChI=1S/C11H11N3O2S3/c1-7-2-3-8(6-13-7)14-19(15,16)10-5-4-9(18-10)11(12)17/h2-6,14H,1H3,(H2,12,17). The average molecular weight is 313 g/mol. The molecule has 0 saturated heterocycles.